The average molecular weight is 652 g/mol. The molecule has 4 rings (SSSR count). The fourth-order valence-electron chi connectivity index (χ4n) is 2.05. The number of hydrogen-bond acceptors (Lipinski definition) is 6. The van der Waals surface area contributed by atoms with Crippen molar-refractivity contribution in [3.63, 3.8) is 0 Å². The summed E-state index contributed by atoms with van der Waals surface area (Å²) in [6.07, 6.45) is 0. The van der Waals surface area contributed by atoms with E-state index in [2.05, 4.69) is 13.6 Å². The fraction of sp³-hybridized carbons (Fsp3) is 0. The van der Waals surface area contributed by atoms with Crippen molar-refractivity contribution < 1.29 is 30.7 Å². The second kappa shape index (κ2) is 28.9. The van der Waals surface area contributed by atoms with Crippen LogP contribution in [0.2, 0.25) is 0 Å². The molecule has 0 aromatic heterocycles. The van der Waals surface area contributed by atoms with Gasteiger partial charge in [-0.3, -0.25) is 9.59 Å². The van der Waals surface area contributed by atoms with E-state index in [9.17, 15) is 0 Å². The van der Waals surface area contributed by atoms with Crippen LogP contribution in [0.1, 0.15) is 22.3 Å². The fourth-order valence-corrected chi connectivity index (χ4v) is 2.05. The summed E-state index contributed by atoms with van der Waals surface area (Å²) in [7, 11) is 0. The molecule has 178 valence electrons. The van der Waals surface area contributed by atoms with Crippen LogP contribution in [-0.2, 0) is 30.7 Å². The van der Waals surface area contributed by atoms with Crippen LogP contribution in [0.15, 0.2) is 121 Å². The molecular formula is C30H20N4O2W. The molecule has 0 saturated carbocycles. The standard InChI is InChI=1S/4C7H5N.2CO.W/c4*8-6-7-4-2-1-3-5-7;2*1-2;/h4*1-5H;;;. The monoisotopic (exact) mass is 652 g/mol. The van der Waals surface area contributed by atoms with Gasteiger partial charge in [-0.05, 0) is 48.5 Å². The van der Waals surface area contributed by atoms with Crippen LogP contribution < -0.4 is 0 Å². The Kier molecular flexibility index (Phi) is 28.5. The van der Waals surface area contributed by atoms with Crippen molar-refractivity contribution in [1.82, 2.24) is 0 Å². The Bertz CT molecular complexity index is 1030. The van der Waals surface area contributed by atoms with Gasteiger partial charge in [0.15, 0.2) is 0 Å². The predicted octanol–water partition coefficient (Wildman–Crippen LogP) is 5.44. The molecule has 6 nitrogen and oxygen atoms in total. The predicted molar refractivity (Wildman–Crippen MR) is 136 cm³/mol. The van der Waals surface area contributed by atoms with E-state index >= 15 is 0 Å². The Balaban J connectivity index is -0.000000395. The van der Waals surface area contributed by atoms with E-state index in [0.29, 0.717) is 22.3 Å². The molecular weight excluding hydrogens is 632 g/mol. The zero-order valence-corrected chi connectivity index (χ0v) is 22.5. The van der Waals surface area contributed by atoms with E-state index in [-0.39, 0.29) is 21.1 Å². The third kappa shape index (κ3) is 21.2. The maximum atomic E-state index is 8.29. The number of carbonyl (C=O) groups excluding carboxylic acids is 2. The second-order valence-electron chi connectivity index (χ2n) is 5.91. The van der Waals surface area contributed by atoms with E-state index in [1.165, 1.54) is 0 Å². The Labute approximate surface area is 232 Å². The molecule has 4 radical (unpaired) electrons. The summed E-state index contributed by atoms with van der Waals surface area (Å²) >= 11 is 0. The first kappa shape index (κ1) is 36.4. The topological polar surface area (TPSA) is 129 Å². The zero-order valence-electron chi connectivity index (χ0n) is 19.6. The van der Waals surface area contributed by atoms with Crippen LogP contribution in [0.5, 0.6) is 0 Å². The Hall–Kier alpha value is -5.13. The molecule has 0 unspecified atom stereocenters. The van der Waals surface area contributed by atoms with Crippen LogP contribution in [0.25, 0.3) is 0 Å². The zero-order chi connectivity index (χ0) is 27.3. The molecule has 0 saturated heterocycles. The Morgan fingerprint density at radius 3 is 0.568 bits per heavy atom. The molecule has 7 heteroatoms. The van der Waals surface area contributed by atoms with Gasteiger partial charge in [0.05, 0.1) is 46.5 Å². The second-order valence-corrected chi connectivity index (χ2v) is 5.91. The van der Waals surface area contributed by atoms with Crippen LogP contribution >= 0.6 is 0 Å². The summed E-state index contributed by atoms with van der Waals surface area (Å²) in [5.41, 5.74) is 2.86. The largest absolute Gasteiger partial charge is 0.281 e. The molecule has 0 aliphatic carbocycles. The molecule has 0 heterocycles. The van der Waals surface area contributed by atoms with Gasteiger partial charge in [-0.1, -0.05) is 72.8 Å². The SMILES string of the molecule is N#Cc1ccccc1.N#Cc1ccccc1.N#Cc1ccccc1.N#Cc1ccccc1.[C]=O.[C]=O.[W]. The smallest absolute Gasteiger partial charge is 0.281 e. The van der Waals surface area contributed by atoms with E-state index in [1.54, 1.807) is 48.5 Å². The molecule has 37 heavy (non-hydrogen) atoms. The van der Waals surface area contributed by atoms with E-state index in [1.807, 2.05) is 97.1 Å². The third-order valence-corrected chi connectivity index (χ3v) is 3.61. The first-order chi connectivity index (χ1) is 17.7. The summed E-state index contributed by atoms with van der Waals surface area (Å²) in [6, 6.07) is 44.7. The van der Waals surface area contributed by atoms with Crippen LogP contribution in [0.4, 0.5) is 0 Å². The van der Waals surface area contributed by atoms with Gasteiger partial charge in [0, 0.05) is 21.1 Å². The number of rotatable bonds is 0. The van der Waals surface area contributed by atoms with Gasteiger partial charge in [0.25, 0.3) is 13.6 Å². The van der Waals surface area contributed by atoms with Crippen molar-refractivity contribution in [2.45, 2.75) is 0 Å². The van der Waals surface area contributed by atoms with Crippen molar-refractivity contribution in [3.8, 4) is 24.3 Å². The van der Waals surface area contributed by atoms with Crippen LogP contribution in [0.3, 0.4) is 0 Å². The molecule has 0 N–H and O–H groups in total. The molecule has 0 aliphatic rings. The number of hydrogen-bond donors (Lipinski definition) is 0. The minimum absolute atomic E-state index is 0. The molecule has 0 spiro atoms. The average Bonchev–Trinajstić information content (AvgIpc) is 3.01. The van der Waals surface area contributed by atoms with Gasteiger partial charge in [-0.2, -0.15) is 21.0 Å². The van der Waals surface area contributed by atoms with Crippen molar-refractivity contribution in [1.29, 1.82) is 21.0 Å². The van der Waals surface area contributed by atoms with Crippen molar-refractivity contribution >= 4 is 13.6 Å². The third-order valence-electron chi connectivity index (χ3n) is 3.61. The minimum atomic E-state index is 0. The Morgan fingerprint density at radius 1 is 0.351 bits per heavy atom. The van der Waals surface area contributed by atoms with E-state index in [0.717, 1.165) is 0 Å². The van der Waals surface area contributed by atoms with Crippen molar-refractivity contribution in [3.05, 3.63) is 144 Å². The van der Waals surface area contributed by atoms with Crippen molar-refractivity contribution in [2.24, 2.45) is 0 Å². The van der Waals surface area contributed by atoms with Crippen molar-refractivity contribution in [2.75, 3.05) is 0 Å². The minimum Gasteiger partial charge on any atom is -0.281 e. The molecule has 0 bridgehead atoms. The molecule has 0 aliphatic heterocycles. The molecule has 0 amide bonds. The normalized spacial score (nSPS) is 7.03. The summed E-state index contributed by atoms with van der Waals surface area (Å²) in [6.45, 7) is 9.00. The van der Waals surface area contributed by atoms with Gasteiger partial charge in [0.2, 0.25) is 0 Å². The summed E-state index contributed by atoms with van der Waals surface area (Å²) in [5.74, 6) is 0. The quantitative estimate of drug-likeness (QED) is 0.249. The Morgan fingerprint density at radius 2 is 0.486 bits per heavy atom. The molecule has 4 aromatic rings. The van der Waals surface area contributed by atoms with E-state index in [4.69, 9.17) is 30.6 Å². The van der Waals surface area contributed by atoms with Gasteiger partial charge in [-0.15, -0.1) is 0 Å². The summed E-state index contributed by atoms with van der Waals surface area (Å²) in [5, 5.41) is 33.2. The van der Waals surface area contributed by atoms with Crippen LogP contribution in [-0.4, -0.2) is 13.6 Å². The first-order valence-corrected chi connectivity index (χ1v) is 9.95. The summed E-state index contributed by atoms with van der Waals surface area (Å²) in [4.78, 5) is 15.0. The number of nitriles is 4. The van der Waals surface area contributed by atoms with Gasteiger partial charge in [-0.25, -0.2) is 0 Å². The maximum Gasteiger partial charge on any atom is 0.281 e. The molecule has 0 fully saturated rings. The summed E-state index contributed by atoms with van der Waals surface area (Å²) < 4.78 is 0. The first-order valence-electron chi connectivity index (χ1n) is 9.95. The molecule has 0 atom stereocenters. The van der Waals surface area contributed by atoms with E-state index < -0.39 is 0 Å². The maximum absolute atomic E-state index is 8.29. The number of nitrogens with zero attached hydrogens (tertiary/aromatic N) is 4. The van der Waals surface area contributed by atoms with Gasteiger partial charge in [0.1, 0.15) is 0 Å². The van der Waals surface area contributed by atoms with Crippen LogP contribution in [0, 0.1) is 45.3 Å². The molecule has 4 aromatic carbocycles. The van der Waals surface area contributed by atoms with Gasteiger partial charge < -0.3 is 0 Å². The van der Waals surface area contributed by atoms with Gasteiger partial charge >= 0.3 is 0 Å². The number of benzene rings is 4.